The molecule has 3 aromatic rings. The lowest BCUT2D eigenvalue weighted by Crippen LogP contribution is -2.20. The molecule has 2 heterocycles. The van der Waals surface area contributed by atoms with Crippen molar-refractivity contribution < 1.29 is 4.79 Å². The number of hydrogen-bond acceptors (Lipinski definition) is 4. The molecule has 1 aromatic carbocycles. The van der Waals surface area contributed by atoms with E-state index in [1.807, 2.05) is 18.4 Å². The van der Waals surface area contributed by atoms with Gasteiger partial charge in [0.2, 0.25) is 0 Å². The van der Waals surface area contributed by atoms with Gasteiger partial charge in [0, 0.05) is 28.2 Å². The van der Waals surface area contributed by atoms with Crippen molar-refractivity contribution in [2.45, 2.75) is 4.90 Å². The molecule has 0 saturated heterocycles. The number of carbonyl (C=O) groups excluding carboxylic acids is 1. The van der Waals surface area contributed by atoms with E-state index in [2.05, 4.69) is 39.6 Å². The van der Waals surface area contributed by atoms with E-state index >= 15 is 0 Å². The molecule has 6 heteroatoms. The Balaban J connectivity index is 2.16. The molecule has 0 atom stereocenters. The van der Waals surface area contributed by atoms with Crippen LogP contribution in [0.5, 0.6) is 0 Å². The zero-order valence-electron chi connectivity index (χ0n) is 11.9. The van der Waals surface area contributed by atoms with Crippen molar-refractivity contribution in [1.82, 2.24) is 9.97 Å². The summed E-state index contributed by atoms with van der Waals surface area (Å²) in [6.07, 6.45) is 5.43. The number of anilines is 1. The van der Waals surface area contributed by atoms with Gasteiger partial charge in [-0.15, -0.1) is 11.8 Å². The lowest BCUT2D eigenvalue weighted by molar-refractivity contribution is 0.259. The lowest BCUT2D eigenvalue weighted by Gasteiger charge is -2.10. The third kappa shape index (κ3) is 2.73. The minimum absolute atomic E-state index is 0.368. The summed E-state index contributed by atoms with van der Waals surface area (Å²) in [6, 6.07) is 11.4. The minimum Gasteiger partial charge on any atom is -0.351 e. The number of rotatable bonds is 3. The Kier molecular flexibility index (Phi) is 3.93. The zero-order chi connectivity index (χ0) is 15.5. The van der Waals surface area contributed by atoms with Crippen LogP contribution in [0.25, 0.3) is 22.0 Å². The third-order valence-corrected chi connectivity index (χ3v) is 4.03. The van der Waals surface area contributed by atoms with Crippen LogP contribution in [0.4, 0.5) is 10.6 Å². The predicted molar refractivity (Wildman–Crippen MR) is 90.0 cm³/mol. The second kappa shape index (κ2) is 6.03. The number of aromatic nitrogens is 2. The molecular weight excluding hydrogens is 296 g/mol. The van der Waals surface area contributed by atoms with Crippen LogP contribution < -0.4 is 11.1 Å². The molecule has 2 amide bonds. The predicted octanol–water partition coefficient (Wildman–Crippen LogP) is 3.51. The monoisotopic (exact) mass is 310 g/mol. The van der Waals surface area contributed by atoms with Crippen molar-refractivity contribution in [3.8, 4) is 11.1 Å². The quantitative estimate of drug-likeness (QED) is 0.725. The Morgan fingerprint density at radius 1 is 1.18 bits per heavy atom. The highest BCUT2D eigenvalue weighted by Crippen LogP contribution is 2.31. The first kappa shape index (κ1) is 14.3. The average Bonchev–Trinajstić information content (AvgIpc) is 2.55. The number of carbonyl (C=O) groups is 1. The number of thioether (sulfide) groups is 1. The van der Waals surface area contributed by atoms with Gasteiger partial charge in [-0.1, -0.05) is 18.2 Å². The number of nitrogens with one attached hydrogen (secondary N) is 1. The van der Waals surface area contributed by atoms with E-state index in [-0.39, 0.29) is 0 Å². The van der Waals surface area contributed by atoms with Gasteiger partial charge >= 0.3 is 6.03 Å². The van der Waals surface area contributed by atoms with Crippen LogP contribution in [0.2, 0.25) is 0 Å². The van der Waals surface area contributed by atoms with Crippen LogP contribution >= 0.6 is 11.8 Å². The fraction of sp³-hybridized carbons (Fsp3) is 0.0625. The van der Waals surface area contributed by atoms with Gasteiger partial charge in [-0.25, -0.2) is 9.78 Å². The van der Waals surface area contributed by atoms with Gasteiger partial charge in [-0.2, -0.15) is 0 Å². The Morgan fingerprint density at radius 2 is 1.95 bits per heavy atom. The largest absolute Gasteiger partial charge is 0.351 e. The SMILES string of the molecule is CSc1ccc(-c2cnc(NC(N)=O)c3ncccc23)cc1. The number of pyridine rings is 2. The van der Waals surface area contributed by atoms with Gasteiger partial charge in [0.05, 0.1) is 0 Å². The van der Waals surface area contributed by atoms with Gasteiger partial charge in [0.15, 0.2) is 5.82 Å². The van der Waals surface area contributed by atoms with Crippen molar-refractivity contribution in [3.63, 3.8) is 0 Å². The molecule has 3 N–H and O–H groups in total. The van der Waals surface area contributed by atoms with Crippen LogP contribution in [-0.2, 0) is 0 Å². The summed E-state index contributed by atoms with van der Waals surface area (Å²) in [5, 5.41) is 3.42. The first-order valence-corrected chi connectivity index (χ1v) is 7.86. The van der Waals surface area contributed by atoms with E-state index in [1.165, 1.54) is 4.90 Å². The standard InChI is InChI=1S/C16H14N4OS/c1-22-11-6-4-10(5-7-11)13-9-19-15(20-16(17)21)14-12(13)3-2-8-18-14/h2-9H,1H3,(H3,17,19,20,21). The number of hydrogen-bond donors (Lipinski definition) is 2. The number of urea groups is 1. The summed E-state index contributed by atoms with van der Waals surface area (Å²) in [4.78, 5) is 20.9. The summed E-state index contributed by atoms with van der Waals surface area (Å²) in [7, 11) is 0. The highest BCUT2D eigenvalue weighted by atomic mass is 32.2. The van der Waals surface area contributed by atoms with Crippen LogP contribution in [0.3, 0.4) is 0 Å². The van der Waals surface area contributed by atoms with Crippen LogP contribution in [-0.4, -0.2) is 22.3 Å². The molecule has 3 rings (SSSR count). The molecule has 2 aromatic heterocycles. The normalized spacial score (nSPS) is 10.6. The average molecular weight is 310 g/mol. The van der Waals surface area contributed by atoms with Crippen molar-refractivity contribution >= 4 is 34.5 Å². The van der Waals surface area contributed by atoms with Gasteiger partial charge in [-0.05, 0) is 30.0 Å². The van der Waals surface area contributed by atoms with E-state index in [0.717, 1.165) is 16.5 Å². The van der Waals surface area contributed by atoms with Gasteiger partial charge in [0.25, 0.3) is 0 Å². The van der Waals surface area contributed by atoms with E-state index in [0.29, 0.717) is 11.3 Å². The summed E-state index contributed by atoms with van der Waals surface area (Å²) in [5.74, 6) is 0.368. The van der Waals surface area contributed by atoms with E-state index in [9.17, 15) is 4.79 Å². The van der Waals surface area contributed by atoms with E-state index in [4.69, 9.17) is 5.73 Å². The van der Waals surface area contributed by atoms with E-state index in [1.54, 1.807) is 24.2 Å². The number of benzene rings is 1. The molecular formula is C16H14N4OS. The molecule has 0 radical (unpaired) electrons. The van der Waals surface area contributed by atoms with Gasteiger partial charge < -0.3 is 5.73 Å². The molecule has 0 spiro atoms. The maximum atomic E-state index is 11.1. The summed E-state index contributed by atoms with van der Waals surface area (Å²) in [6.45, 7) is 0. The second-order valence-electron chi connectivity index (χ2n) is 4.64. The molecule has 0 fully saturated rings. The maximum Gasteiger partial charge on any atom is 0.317 e. The summed E-state index contributed by atoms with van der Waals surface area (Å²) < 4.78 is 0. The van der Waals surface area contributed by atoms with Crippen molar-refractivity contribution in [1.29, 1.82) is 0 Å². The minimum atomic E-state index is -0.656. The first-order chi connectivity index (χ1) is 10.7. The molecule has 0 saturated carbocycles. The third-order valence-electron chi connectivity index (χ3n) is 3.29. The lowest BCUT2D eigenvalue weighted by atomic mass is 10.0. The number of amides is 2. The van der Waals surface area contributed by atoms with Crippen LogP contribution in [0, 0.1) is 0 Å². The Labute approximate surface area is 132 Å². The van der Waals surface area contributed by atoms with Crippen LogP contribution in [0.15, 0.2) is 53.7 Å². The molecule has 0 bridgehead atoms. The molecule has 22 heavy (non-hydrogen) atoms. The fourth-order valence-corrected chi connectivity index (χ4v) is 2.69. The van der Waals surface area contributed by atoms with Gasteiger partial charge in [-0.3, -0.25) is 10.3 Å². The molecule has 0 aliphatic rings. The molecule has 0 unspecified atom stereocenters. The summed E-state index contributed by atoms with van der Waals surface area (Å²) in [5.41, 5.74) is 7.81. The Hall–Kier alpha value is -2.60. The van der Waals surface area contributed by atoms with Gasteiger partial charge in [0.1, 0.15) is 5.52 Å². The van der Waals surface area contributed by atoms with Crippen molar-refractivity contribution in [2.24, 2.45) is 5.73 Å². The van der Waals surface area contributed by atoms with Crippen LogP contribution in [0.1, 0.15) is 0 Å². The number of primary amides is 1. The smallest absolute Gasteiger partial charge is 0.317 e. The van der Waals surface area contributed by atoms with Crippen molar-refractivity contribution in [2.75, 3.05) is 11.6 Å². The molecule has 110 valence electrons. The number of nitrogens with two attached hydrogens (primary N) is 1. The van der Waals surface area contributed by atoms with Crippen molar-refractivity contribution in [3.05, 3.63) is 48.8 Å². The maximum absolute atomic E-state index is 11.1. The Morgan fingerprint density at radius 3 is 2.64 bits per heavy atom. The second-order valence-corrected chi connectivity index (χ2v) is 5.52. The molecule has 5 nitrogen and oxygen atoms in total. The summed E-state index contributed by atoms with van der Waals surface area (Å²) >= 11 is 1.70. The first-order valence-electron chi connectivity index (χ1n) is 6.63. The number of fused-ring (bicyclic) bond motifs is 1. The zero-order valence-corrected chi connectivity index (χ0v) is 12.7. The Bertz CT molecular complexity index is 833. The molecule has 0 aliphatic carbocycles. The highest BCUT2D eigenvalue weighted by molar-refractivity contribution is 7.98. The topological polar surface area (TPSA) is 80.9 Å². The van der Waals surface area contributed by atoms with E-state index < -0.39 is 6.03 Å². The highest BCUT2D eigenvalue weighted by Gasteiger charge is 2.11. The number of nitrogens with zero attached hydrogens (tertiary/aromatic N) is 2. The fourth-order valence-electron chi connectivity index (χ4n) is 2.28. The molecule has 0 aliphatic heterocycles.